The van der Waals surface area contributed by atoms with Crippen molar-refractivity contribution in [2.45, 2.75) is 26.8 Å². The number of carbonyl (C=O) groups is 2. The fraction of sp³-hybridized carbons (Fsp3) is 0.429. The number of anilines is 1. The molecule has 2 rings (SSSR count). The standard InChI is InChI=1S/C14H16F2N2O2/c1-14(2,3)12-13(20)18(7-11(19)17-12)10-5-8(15)4-9(16)6-10/h4-6,12H,7H2,1-3H3,(H,17,19). The molecule has 20 heavy (non-hydrogen) atoms. The minimum Gasteiger partial charge on any atom is -0.342 e. The molecule has 0 aliphatic carbocycles. The van der Waals surface area contributed by atoms with Gasteiger partial charge in [0.05, 0.1) is 5.69 Å². The van der Waals surface area contributed by atoms with Crippen molar-refractivity contribution in [2.24, 2.45) is 5.41 Å². The quantitative estimate of drug-likeness (QED) is 0.854. The minimum absolute atomic E-state index is 0.0524. The van der Waals surface area contributed by atoms with Crippen LogP contribution < -0.4 is 10.2 Å². The van der Waals surface area contributed by atoms with Gasteiger partial charge in [-0.3, -0.25) is 9.59 Å². The number of rotatable bonds is 1. The third kappa shape index (κ3) is 2.79. The molecule has 0 spiro atoms. The van der Waals surface area contributed by atoms with Crippen LogP contribution in [0.5, 0.6) is 0 Å². The topological polar surface area (TPSA) is 49.4 Å². The van der Waals surface area contributed by atoms with Gasteiger partial charge in [-0.15, -0.1) is 0 Å². The molecule has 1 unspecified atom stereocenters. The summed E-state index contributed by atoms with van der Waals surface area (Å²) in [5, 5.41) is 2.62. The van der Waals surface area contributed by atoms with E-state index in [1.54, 1.807) is 0 Å². The van der Waals surface area contributed by atoms with Gasteiger partial charge in [-0.05, 0) is 17.5 Å². The highest BCUT2D eigenvalue weighted by Gasteiger charge is 2.40. The zero-order valence-corrected chi connectivity index (χ0v) is 11.5. The summed E-state index contributed by atoms with van der Waals surface area (Å²) in [6.45, 7) is 5.19. The molecule has 1 aliphatic heterocycles. The van der Waals surface area contributed by atoms with Gasteiger partial charge in [-0.2, -0.15) is 0 Å². The lowest BCUT2D eigenvalue weighted by atomic mass is 9.84. The third-order valence-corrected chi connectivity index (χ3v) is 3.15. The van der Waals surface area contributed by atoms with E-state index in [1.807, 2.05) is 20.8 Å². The van der Waals surface area contributed by atoms with Crippen molar-refractivity contribution in [1.29, 1.82) is 0 Å². The van der Waals surface area contributed by atoms with Crippen molar-refractivity contribution in [3.63, 3.8) is 0 Å². The first-order valence-electron chi connectivity index (χ1n) is 6.25. The predicted octanol–water partition coefficient (Wildman–Crippen LogP) is 1.84. The Morgan fingerprint density at radius 3 is 2.20 bits per heavy atom. The Balaban J connectivity index is 2.40. The molecule has 0 radical (unpaired) electrons. The second-order valence-corrected chi connectivity index (χ2v) is 5.92. The third-order valence-electron chi connectivity index (χ3n) is 3.15. The predicted molar refractivity (Wildman–Crippen MR) is 70.1 cm³/mol. The molecule has 1 aromatic rings. The summed E-state index contributed by atoms with van der Waals surface area (Å²) < 4.78 is 26.5. The van der Waals surface area contributed by atoms with Gasteiger partial charge < -0.3 is 10.2 Å². The summed E-state index contributed by atoms with van der Waals surface area (Å²) >= 11 is 0. The highest BCUT2D eigenvalue weighted by Crippen LogP contribution is 2.27. The molecule has 1 saturated heterocycles. The van der Waals surface area contributed by atoms with Crippen LogP contribution in [-0.2, 0) is 9.59 Å². The molecule has 4 nitrogen and oxygen atoms in total. The van der Waals surface area contributed by atoms with Crippen molar-refractivity contribution in [2.75, 3.05) is 11.4 Å². The number of piperazine rings is 1. The van der Waals surface area contributed by atoms with Crippen LogP contribution >= 0.6 is 0 Å². The van der Waals surface area contributed by atoms with Crippen molar-refractivity contribution in [3.05, 3.63) is 29.8 Å². The summed E-state index contributed by atoms with van der Waals surface area (Å²) in [7, 11) is 0. The number of halogens is 2. The molecule has 108 valence electrons. The Labute approximate surface area is 115 Å². The molecule has 1 atom stereocenters. The lowest BCUT2D eigenvalue weighted by Crippen LogP contribution is -2.62. The first kappa shape index (κ1) is 14.4. The van der Waals surface area contributed by atoms with E-state index >= 15 is 0 Å². The molecule has 1 fully saturated rings. The highest BCUT2D eigenvalue weighted by atomic mass is 19.1. The van der Waals surface area contributed by atoms with Crippen LogP contribution in [0.1, 0.15) is 20.8 Å². The summed E-state index contributed by atoms with van der Waals surface area (Å²) in [6, 6.07) is 2.08. The Morgan fingerprint density at radius 2 is 1.70 bits per heavy atom. The van der Waals surface area contributed by atoms with Crippen molar-refractivity contribution >= 4 is 17.5 Å². The molecule has 0 bridgehead atoms. The monoisotopic (exact) mass is 282 g/mol. The molecule has 0 saturated carbocycles. The van der Waals surface area contributed by atoms with E-state index < -0.39 is 23.1 Å². The SMILES string of the molecule is CC(C)(C)C1NC(=O)CN(c2cc(F)cc(F)c2)C1=O. The number of hydrogen-bond donors (Lipinski definition) is 1. The van der Waals surface area contributed by atoms with Crippen molar-refractivity contribution in [3.8, 4) is 0 Å². The van der Waals surface area contributed by atoms with E-state index in [-0.39, 0.29) is 24.0 Å². The zero-order valence-electron chi connectivity index (χ0n) is 11.5. The largest absolute Gasteiger partial charge is 0.342 e. The van der Waals surface area contributed by atoms with E-state index in [0.717, 1.165) is 23.1 Å². The maximum atomic E-state index is 13.3. The molecule has 1 N–H and O–H groups in total. The van der Waals surface area contributed by atoms with Gasteiger partial charge in [0, 0.05) is 6.07 Å². The fourth-order valence-electron chi connectivity index (χ4n) is 2.15. The number of benzene rings is 1. The highest BCUT2D eigenvalue weighted by molar-refractivity contribution is 6.06. The van der Waals surface area contributed by atoms with Crippen LogP contribution in [0.4, 0.5) is 14.5 Å². The molecule has 1 heterocycles. The summed E-state index contributed by atoms with van der Waals surface area (Å²) in [6.07, 6.45) is 0. The number of hydrogen-bond acceptors (Lipinski definition) is 2. The van der Waals surface area contributed by atoms with Gasteiger partial charge in [0.15, 0.2) is 0 Å². The van der Waals surface area contributed by atoms with Crippen LogP contribution in [0.15, 0.2) is 18.2 Å². The van der Waals surface area contributed by atoms with Crippen LogP contribution in [-0.4, -0.2) is 24.4 Å². The molecule has 6 heteroatoms. The first-order valence-corrected chi connectivity index (χ1v) is 6.25. The van der Waals surface area contributed by atoms with Gasteiger partial charge in [0.2, 0.25) is 5.91 Å². The second kappa shape index (κ2) is 4.85. The zero-order chi connectivity index (χ0) is 15.1. The minimum atomic E-state index is -0.786. The maximum absolute atomic E-state index is 13.3. The van der Waals surface area contributed by atoms with Crippen LogP contribution in [0.25, 0.3) is 0 Å². The van der Waals surface area contributed by atoms with Crippen molar-refractivity contribution < 1.29 is 18.4 Å². The van der Waals surface area contributed by atoms with E-state index in [4.69, 9.17) is 0 Å². The lowest BCUT2D eigenvalue weighted by Gasteiger charge is -2.38. The molecule has 1 aromatic carbocycles. The lowest BCUT2D eigenvalue weighted by molar-refractivity contribution is -0.133. The number of nitrogens with zero attached hydrogens (tertiary/aromatic N) is 1. The Kier molecular flexibility index (Phi) is 3.50. The summed E-state index contributed by atoms with van der Waals surface area (Å²) in [5.41, 5.74) is -0.436. The molecule has 2 amide bonds. The first-order chi connectivity index (χ1) is 9.18. The Morgan fingerprint density at radius 1 is 1.15 bits per heavy atom. The number of amides is 2. The summed E-state index contributed by atoms with van der Waals surface area (Å²) in [4.78, 5) is 25.2. The number of carbonyl (C=O) groups excluding carboxylic acids is 2. The maximum Gasteiger partial charge on any atom is 0.250 e. The Bertz CT molecular complexity index is 547. The van der Waals surface area contributed by atoms with Gasteiger partial charge in [-0.1, -0.05) is 20.8 Å². The average Bonchev–Trinajstić information content (AvgIpc) is 2.29. The fourth-order valence-corrected chi connectivity index (χ4v) is 2.15. The van der Waals surface area contributed by atoms with Crippen LogP contribution in [0.2, 0.25) is 0 Å². The smallest absolute Gasteiger partial charge is 0.250 e. The van der Waals surface area contributed by atoms with Gasteiger partial charge >= 0.3 is 0 Å². The molecular weight excluding hydrogens is 266 g/mol. The van der Waals surface area contributed by atoms with E-state index in [2.05, 4.69) is 5.32 Å². The van der Waals surface area contributed by atoms with E-state index in [1.165, 1.54) is 0 Å². The second-order valence-electron chi connectivity index (χ2n) is 5.92. The molecule has 0 aromatic heterocycles. The van der Waals surface area contributed by atoms with E-state index in [9.17, 15) is 18.4 Å². The van der Waals surface area contributed by atoms with Crippen LogP contribution in [0, 0.1) is 17.0 Å². The van der Waals surface area contributed by atoms with Gasteiger partial charge in [0.25, 0.3) is 5.91 Å². The number of nitrogens with one attached hydrogen (secondary N) is 1. The van der Waals surface area contributed by atoms with E-state index in [0.29, 0.717) is 0 Å². The van der Waals surface area contributed by atoms with Crippen LogP contribution in [0.3, 0.4) is 0 Å². The van der Waals surface area contributed by atoms with Crippen molar-refractivity contribution in [1.82, 2.24) is 5.32 Å². The van der Waals surface area contributed by atoms with Gasteiger partial charge in [-0.25, -0.2) is 8.78 Å². The molecular formula is C14H16F2N2O2. The Hall–Kier alpha value is -1.98. The summed E-state index contributed by atoms with van der Waals surface area (Å²) in [5.74, 6) is -2.30. The van der Waals surface area contributed by atoms with Gasteiger partial charge in [0.1, 0.15) is 24.2 Å². The average molecular weight is 282 g/mol. The normalized spacial score (nSPS) is 20.1. The molecule has 1 aliphatic rings.